The molecule has 1 aliphatic carbocycles. The van der Waals surface area contributed by atoms with Crippen molar-refractivity contribution in [2.24, 2.45) is 0 Å². The van der Waals surface area contributed by atoms with Gasteiger partial charge in [0.15, 0.2) is 0 Å². The van der Waals surface area contributed by atoms with Gasteiger partial charge in [0.25, 0.3) is 5.91 Å². The van der Waals surface area contributed by atoms with Crippen LogP contribution in [0.4, 0.5) is 0 Å². The van der Waals surface area contributed by atoms with Gasteiger partial charge in [-0.15, -0.1) is 0 Å². The highest BCUT2D eigenvalue weighted by Crippen LogP contribution is 2.36. The van der Waals surface area contributed by atoms with Crippen molar-refractivity contribution in [1.82, 2.24) is 20.1 Å². The highest BCUT2D eigenvalue weighted by molar-refractivity contribution is 6.05. The fraction of sp³-hybridized carbons (Fsp3) is 0.419. The molecule has 4 aliphatic rings. The molecule has 7 rings (SSSR count). The van der Waals surface area contributed by atoms with Crippen LogP contribution < -0.4 is 10.1 Å². The lowest BCUT2D eigenvalue weighted by atomic mass is 9.85. The average Bonchev–Trinajstić information content (AvgIpc) is 3.24. The normalized spacial score (nSPS) is 25.9. The Bertz CT molecular complexity index is 1470. The van der Waals surface area contributed by atoms with Gasteiger partial charge in [-0.25, -0.2) is 0 Å². The number of pyridine rings is 1. The number of nitrogens with zero attached hydrogens (tertiary/aromatic N) is 3. The van der Waals surface area contributed by atoms with E-state index >= 15 is 0 Å². The van der Waals surface area contributed by atoms with Crippen LogP contribution in [0.15, 0.2) is 54.6 Å². The van der Waals surface area contributed by atoms with Crippen molar-refractivity contribution in [2.45, 2.75) is 69.2 Å². The number of para-hydroxylation sites is 1. The van der Waals surface area contributed by atoms with Gasteiger partial charge in [-0.1, -0.05) is 30.7 Å². The number of piperidine rings is 1. The summed E-state index contributed by atoms with van der Waals surface area (Å²) < 4.78 is 6.59. The summed E-state index contributed by atoms with van der Waals surface area (Å²) in [4.78, 5) is 46.0. The van der Waals surface area contributed by atoms with Crippen LogP contribution in [0.3, 0.4) is 0 Å². The number of benzene rings is 2. The predicted molar refractivity (Wildman–Crippen MR) is 145 cm³/mol. The number of rotatable bonds is 5. The second-order valence-electron chi connectivity index (χ2n) is 11.3. The van der Waals surface area contributed by atoms with Crippen LogP contribution in [-0.2, 0) is 16.1 Å². The van der Waals surface area contributed by atoms with Gasteiger partial charge >= 0.3 is 0 Å². The van der Waals surface area contributed by atoms with E-state index in [1.165, 1.54) is 17.5 Å². The zero-order valence-corrected chi connectivity index (χ0v) is 21.8. The molecule has 1 unspecified atom stereocenters. The van der Waals surface area contributed by atoms with Crippen LogP contribution in [0.2, 0.25) is 0 Å². The molecule has 0 radical (unpaired) electrons. The lowest BCUT2D eigenvalue weighted by Gasteiger charge is -2.48. The van der Waals surface area contributed by atoms with Crippen LogP contribution in [0, 0.1) is 0 Å². The number of fused-ring (bicyclic) bond motifs is 2. The van der Waals surface area contributed by atoms with E-state index < -0.39 is 6.04 Å². The Morgan fingerprint density at radius 2 is 1.77 bits per heavy atom. The summed E-state index contributed by atoms with van der Waals surface area (Å²) in [5.74, 6) is 0.398. The fourth-order valence-electron chi connectivity index (χ4n) is 6.71. The van der Waals surface area contributed by atoms with Crippen molar-refractivity contribution >= 4 is 28.6 Å². The first-order valence-corrected chi connectivity index (χ1v) is 14.1. The molecule has 3 aliphatic heterocycles. The largest absolute Gasteiger partial charge is 0.489 e. The minimum Gasteiger partial charge on any atom is -0.489 e. The smallest absolute Gasteiger partial charge is 0.255 e. The Morgan fingerprint density at radius 1 is 0.923 bits per heavy atom. The first-order chi connectivity index (χ1) is 19.0. The third-order valence-electron chi connectivity index (χ3n) is 8.87. The summed E-state index contributed by atoms with van der Waals surface area (Å²) in [6.07, 6.45) is 5.21. The number of carbonyl (C=O) groups is 3. The topological polar surface area (TPSA) is 91.8 Å². The average molecular weight is 525 g/mol. The number of hydrogen-bond acceptors (Lipinski definition) is 6. The molecule has 3 amide bonds. The van der Waals surface area contributed by atoms with Crippen LogP contribution in [0.5, 0.6) is 5.75 Å². The van der Waals surface area contributed by atoms with E-state index in [1.807, 2.05) is 30.3 Å². The van der Waals surface area contributed by atoms with Gasteiger partial charge in [-0.05, 0) is 61.6 Å². The Labute approximate surface area is 227 Å². The van der Waals surface area contributed by atoms with Gasteiger partial charge in [-0.3, -0.25) is 29.6 Å². The summed E-state index contributed by atoms with van der Waals surface area (Å²) in [7, 11) is 0. The third-order valence-corrected chi connectivity index (χ3v) is 8.87. The van der Waals surface area contributed by atoms with Gasteiger partial charge in [0.1, 0.15) is 17.9 Å². The molecule has 1 aromatic heterocycles. The summed E-state index contributed by atoms with van der Waals surface area (Å²) in [6, 6.07) is 18.0. The number of nitrogens with one attached hydrogen (secondary N) is 1. The predicted octanol–water partition coefficient (Wildman–Crippen LogP) is 3.79. The summed E-state index contributed by atoms with van der Waals surface area (Å²) >= 11 is 0. The van der Waals surface area contributed by atoms with E-state index in [0.29, 0.717) is 30.5 Å². The van der Waals surface area contributed by atoms with Crippen molar-refractivity contribution in [3.63, 3.8) is 0 Å². The molecular weight excluding hydrogens is 492 g/mol. The number of likely N-dealkylation sites (tertiary alicyclic amines) is 1. The first-order valence-electron chi connectivity index (χ1n) is 14.1. The monoisotopic (exact) mass is 524 g/mol. The number of aromatic nitrogens is 1. The number of hydrogen-bond donors (Lipinski definition) is 1. The Hall–Kier alpha value is -3.78. The number of carbonyl (C=O) groups excluding carboxylic acids is 3. The SMILES string of the molecule is O=C1CCC(N2Cc3cc(O[C@@H]4CCCC[C@H]4N4CC(c5ccc6ccccc6n5)C4)ccc3C2=O)C(=O)N1. The molecule has 0 bridgehead atoms. The molecule has 3 fully saturated rings. The molecular formula is C31H32N4O4. The summed E-state index contributed by atoms with van der Waals surface area (Å²) in [6.45, 7) is 2.35. The van der Waals surface area contributed by atoms with E-state index in [4.69, 9.17) is 9.72 Å². The lowest BCUT2D eigenvalue weighted by Crippen LogP contribution is -2.57. The minimum atomic E-state index is -0.605. The maximum absolute atomic E-state index is 13.0. The molecule has 4 heterocycles. The molecule has 2 aromatic carbocycles. The van der Waals surface area contributed by atoms with Gasteiger partial charge in [0.05, 0.1) is 5.52 Å². The van der Waals surface area contributed by atoms with Gasteiger partial charge in [0.2, 0.25) is 11.8 Å². The Morgan fingerprint density at radius 3 is 2.64 bits per heavy atom. The Balaban J connectivity index is 1.02. The van der Waals surface area contributed by atoms with Gasteiger partial charge < -0.3 is 9.64 Å². The fourth-order valence-corrected chi connectivity index (χ4v) is 6.71. The minimum absolute atomic E-state index is 0.102. The molecule has 200 valence electrons. The highest BCUT2D eigenvalue weighted by Gasteiger charge is 2.41. The van der Waals surface area contributed by atoms with Crippen molar-refractivity contribution in [2.75, 3.05) is 13.1 Å². The first kappa shape index (κ1) is 24.3. The molecule has 8 nitrogen and oxygen atoms in total. The van der Waals surface area contributed by atoms with Crippen LogP contribution in [-0.4, -0.2) is 63.8 Å². The Kier molecular flexibility index (Phi) is 6.07. The molecule has 39 heavy (non-hydrogen) atoms. The van der Waals surface area contributed by atoms with Crippen molar-refractivity contribution in [3.05, 3.63) is 71.4 Å². The quantitative estimate of drug-likeness (QED) is 0.511. The molecule has 2 saturated heterocycles. The second-order valence-corrected chi connectivity index (χ2v) is 11.3. The summed E-state index contributed by atoms with van der Waals surface area (Å²) in [5, 5.41) is 3.54. The van der Waals surface area contributed by atoms with Crippen LogP contribution in [0.1, 0.15) is 66.1 Å². The van der Waals surface area contributed by atoms with Gasteiger partial charge in [0, 0.05) is 54.7 Å². The lowest BCUT2D eigenvalue weighted by molar-refractivity contribution is -0.136. The molecule has 0 spiro atoms. The maximum Gasteiger partial charge on any atom is 0.255 e. The van der Waals surface area contributed by atoms with Gasteiger partial charge in [-0.2, -0.15) is 0 Å². The van der Waals surface area contributed by atoms with E-state index in [-0.39, 0.29) is 30.2 Å². The highest BCUT2D eigenvalue weighted by atomic mass is 16.5. The second kappa shape index (κ2) is 9.75. The zero-order chi connectivity index (χ0) is 26.5. The van der Waals surface area contributed by atoms with E-state index in [1.54, 1.807) is 4.90 Å². The zero-order valence-electron chi connectivity index (χ0n) is 21.8. The van der Waals surface area contributed by atoms with Crippen LogP contribution >= 0.6 is 0 Å². The number of amides is 3. The summed E-state index contributed by atoms with van der Waals surface area (Å²) in [5.41, 5.74) is 3.71. The molecule has 3 aromatic rings. The molecule has 1 N–H and O–H groups in total. The van der Waals surface area contributed by atoms with E-state index in [2.05, 4.69) is 34.5 Å². The number of imide groups is 1. The number of ether oxygens (including phenoxy) is 1. The van der Waals surface area contributed by atoms with E-state index in [9.17, 15) is 14.4 Å². The maximum atomic E-state index is 13.0. The molecule has 1 saturated carbocycles. The van der Waals surface area contributed by atoms with E-state index in [0.717, 1.165) is 49.2 Å². The van der Waals surface area contributed by atoms with Crippen molar-refractivity contribution in [1.29, 1.82) is 0 Å². The van der Waals surface area contributed by atoms with Crippen molar-refractivity contribution in [3.8, 4) is 5.75 Å². The van der Waals surface area contributed by atoms with Crippen LogP contribution in [0.25, 0.3) is 10.9 Å². The molecule has 8 heteroatoms. The standard InChI is InChI=1S/C31H32N4O4/c36-29-14-13-27(30(37)33-29)35-18-20-15-22(10-11-23(20)31(35)38)39-28-8-4-3-7-26(28)34-16-21(17-34)25-12-9-19-5-1-2-6-24(19)32-25/h1-2,5-6,9-12,15,21,26-28H,3-4,7-8,13-14,16-18H2,(H,33,36,37)/t26-,27?,28-/m1/s1. The molecule has 3 atom stereocenters. The third kappa shape index (κ3) is 4.46. The van der Waals surface area contributed by atoms with Crippen molar-refractivity contribution < 1.29 is 19.1 Å².